The van der Waals surface area contributed by atoms with Crippen molar-refractivity contribution in [3.8, 4) is 0 Å². The Bertz CT molecular complexity index is 1250. The summed E-state index contributed by atoms with van der Waals surface area (Å²) in [6.07, 6.45) is 6.07. The molecule has 1 aromatic carbocycles. The molecule has 0 saturated heterocycles. The second-order valence-electron chi connectivity index (χ2n) is 8.38. The summed E-state index contributed by atoms with van der Waals surface area (Å²) in [6, 6.07) is 19.3. The number of amides is 1. The lowest BCUT2D eigenvalue weighted by Gasteiger charge is -2.36. The number of nitrogens with one attached hydrogen (secondary N) is 2. The molecule has 0 saturated carbocycles. The lowest BCUT2D eigenvalue weighted by molar-refractivity contribution is -0.116. The van der Waals surface area contributed by atoms with Crippen LogP contribution in [0.15, 0.2) is 102 Å². The van der Waals surface area contributed by atoms with Gasteiger partial charge in [-0.05, 0) is 49.1 Å². The largest absolute Gasteiger partial charge is 0.362 e. The molecule has 0 unspecified atom stereocenters. The summed E-state index contributed by atoms with van der Waals surface area (Å²) in [6.45, 7) is 1.88. The van der Waals surface area contributed by atoms with Crippen LogP contribution in [0.2, 0.25) is 0 Å². The Hall–Kier alpha value is -4.06. The summed E-state index contributed by atoms with van der Waals surface area (Å²) in [5.41, 5.74) is 5.19. The van der Waals surface area contributed by atoms with E-state index in [1.54, 1.807) is 30.7 Å². The molecule has 0 radical (unpaired) electrons. The van der Waals surface area contributed by atoms with Crippen LogP contribution in [0.4, 0.5) is 5.69 Å². The van der Waals surface area contributed by atoms with E-state index in [9.17, 15) is 9.59 Å². The van der Waals surface area contributed by atoms with Crippen LogP contribution in [0.25, 0.3) is 0 Å². The molecular formula is C27H24N4O2. The maximum absolute atomic E-state index is 13.5. The van der Waals surface area contributed by atoms with E-state index in [1.165, 1.54) is 0 Å². The molecule has 1 aliphatic carbocycles. The smallest absolute Gasteiger partial charge is 0.254 e. The second kappa shape index (κ2) is 8.82. The van der Waals surface area contributed by atoms with Gasteiger partial charge in [0.05, 0.1) is 23.5 Å². The van der Waals surface area contributed by atoms with Gasteiger partial charge in [0.1, 0.15) is 0 Å². The Morgan fingerprint density at radius 1 is 1.00 bits per heavy atom. The van der Waals surface area contributed by atoms with Gasteiger partial charge in [-0.15, -0.1) is 0 Å². The van der Waals surface area contributed by atoms with Crippen molar-refractivity contribution < 1.29 is 9.59 Å². The zero-order valence-electron chi connectivity index (χ0n) is 18.3. The molecule has 2 aromatic heterocycles. The maximum Gasteiger partial charge on any atom is 0.254 e. The third-order valence-electron chi connectivity index (χ3n) is 6.25. The summed E-state index contributed by atoms with van der Waals surface area (Å²) in [4.78, 5) is 35.6. The number of carbonyl (C=O) groups excluding carboxylic acids is 2. The highest BCUT2D eigenvalue weighted by atomic mass is 16.2. The molecule has 1 aliphatic heterocycles. The Morgan fingerprint density at radius 3 is 2.55 bits per heavy atom. The quantitative estimate of drug-likeness (QED) is 0.630. The Labute approximate surface area is 192 Å². The molecule has 1 amide bonds. The van der Waals surface area contributed by atoms with Gasteiger partial charge < -0.3 is 10.6 Å². The molecular weight excluding hydrogens is 412 g/mol. The monoisotopic (exact) mass is 436 g/mol. The third-order valence-corrected chi connectivity index (χ3v) is 6.25. The molecule has 2 aliphatic rings. The first-order valence-corrected chi connectivity index (χ1v) is 11.0. The van der Waals surface area contributed by atoms with Crippen molar-refractivity contribution in [3.63, 3.8) is 0 Å². The van der Waals surface area contributed by atoms with Crippen LogP contribution in [0, 0.1) is 0 Å². The zero-order chi connectivity index (χ0) is 22.8. The van der Waals surface area contributed by atoms with Gasteiger partial charge in [0.15, 0.2) is 5.78 Å². The van der Waals surface area contributed by atoms with Gasteiger partial charge in [-0.25, -0.2) is 0 Å². The fourth-order valence-corrected chi connectivity index (χ4v) is 4.78. The minimum absolute atomic E-state index is 0.0485. The van der Waals surface area contributed by atoms with E-state index in [4.69, 9.17) is 0 Å². The molecule has 0 spiro atoms. The summed E-state index contributed by atoms with van der Waals surface area (Å²) in [7, 11) is 0. The number of pyridine rings is 2. The summed E-state index contributed by atoms with van der Waals surface area (Å²) >= 11 is 0. The number of allylic oxidation sites excluding steroid dienone is 3. The zero-order valence-corrected chi connectivity index (χ0v) is 18.3. The average Bonchev–Trinajstić information content (AvgIpc) is 2.84. The van der Waals surface area contributed by atoms with Crippen LogP contribution in [-0.2, 0) is 9.59 Å². The molecule has 3 aromatic rings. The second-order valence-corrected chi connectivity index (χ2v) is 8.38. The number of anilines is 1. The van der Waals surface area contributed by atoms with E-state index in [0.717, 1.165) is 17.0 Å². The minimum Gasteiger partial charge on any atom is -0.362 e. The first kappa shape index (κ1) is 20.8. The number of carbonyl (C=O) groups is 2. The number of hydrogen-bond acceptors (Lipinski definition) is 5. The van der Waals surface area contributed by atoms with Gasteiger partial charge in [-0.1, -0.05) is 36.4 Å². The standard InChI is InChI=1S/C27H24N4O2/c1-17-24(27(33)31-20-10-7-12-28-16-20)26(21-11-5-6-13-29-21)25-22(30-17)14-19(15-23(25)32)18-8-3-2-4-9-18/h2-13,16,19,26,30H,14-15H2,1H3,(H,31,33)/t19-,26-/m0/s1. The summed E-state index contributed by atoms with van der Waals surface area (Å²) in [5.74, 6) is -0.642. The van der Waals surface area contributed by atoms with Crippen molar-refractivity contribution in [2.45, 2.75) is 31.6 Å². The molecule has 6 nitrogen and oxygen atoms in total. The number of hydrogen-bond donors (Lipinski definition) is 2. The molecule has 2 atom stereocenters. The van der Waals surface area contributed by atoms with Crippen molar-refractivity contribution >= 4 is 17.4 Å². The summed E-state index contributed by atoms with van der Waals surface area (Å²) < 4.78 is 0. The first-order chi connectivity index (χ1) is 16.1. The number of benzene rings is 1. The molecule has 33 heavy (non-hydrogen) atoms. The minimum atomic E-state index is -0.525. The van der Waals surface area contributed by atoms with Gasteiger partial charge in [0.2, 0.25) is 0 Å². The van der Waals surface area contributed by atoms with E-state index >= 15 is 0 Å². The average molecular weight is 437 g/mol. The van der Waals surface area contributed by atoms with Gasteiger partial charge >= 0.3 is 0 Å². The SMILES string of the molecule is CC1=C(C(=O)Nc2cccnc2)[C@H](c2ccccn2)C2=C(C[C@H](c3ccccc3)CC2=O)N1. The molecule has 2 N–H and O–H groups in total. The Kier molecular flexibility index (Phi) is 5.57. The van der Waals surface area contributed by atoms with Crippen molar-refractivity contribution in [1.82, 2.24) is 15.3 Å². The van der Waals surface area contributed by atoms with E-state index in [1.807, 2.05) is 43.3 Å². The van der Waals surface area contributed by atoms with Gasteiger partial charge in [-0.2, -0.15) is 0 Å². The lowest BCUT2D eigenvalue weighted by atomic mass is 9.72. The van der Waals surface area contributed by atoms with E-state index in [2.05, 4.69) is 32.7 Å². The van der Waals surface area contributed by atoms with Gasteiger partial charge in [-0.3, -0.25) is 19.6 Å². The first-order valence-electron chi connectivity index (χ1n) is 11.0. The number of rotatable bonds is 4. The Morgan fingerprint density at radius 2 is 1.82 bits per heavy atom. The highest BCUT2D eigenvalue weighted by Gasteiger charge is 2.41. The van der Waals surface area contributed by atoms with Crippen LogP contribution in [0.3, 0.4) is 0 Å². The van der Waals surface area contributed by atoms with Crippen LogP contribution in [-0.4, -0.2) is 21.7 Å². The highest BCUT2D eigenvalue weighted by Crippen LogP contribution is 2.45. The van der Waals surface area contributed by atoms with Gasteiger partial charge in [0.25, 0.3) is 5.91 Å². The number of nitrogens with zero attached hydrogens (tertiary/aromatic N) is 2. The molecule has 164 valence electrons. The summed E-state index contributed by atoms with van der Waals surface area (Å²) in [5, 5.41) is 6.32. The predicted octanol–water partition coefficient (Wildman–Crippen LogP) is 4.48. The third kappa shape index (κ3) is 4.07. The molecule has 3 heterocycles. The highest BCUT2D eigenvalue weighted by molar-refractivity contribution is 6.09. The Balaban J connectivity index is 1.55. The van der Waals surface area contributed by atoms with Crippen LogP contribution in [0.1, 0.15) is 42.9 Å². The van der Waals surface area contributed by atoms with Crippen LogP contribution < -0.4 is 10.6 Å². The van der Waals surface area contributed by atoms with Crippen molar-refractivity contribution in [2.24, 2.45) is 0 Å². The van der Waals surface area contributed by atoms with Crippen LogP contribution in [0.5, 0.6) is 0 Å². The van der Waals surface area contributed by atoms with E-state index in [-0.39, 0.29) is 17.6 Å². The van der Waals surface area contributed by atoms with Crippen molar-refractivity contribution in [1.29, 1.82) is 0 Å². The molecule has 6 heteroatoms. The van der Waals surface area contributed by atoms with Crippen molar-refractivity contribution in [3.05, 3.63) is 113 Å². The number of Topliss-reactive ketones (excluding diaryl/α,β-unsaturated/α-hetero) is 1. The fourth-order valence-electron chi connectivity index (χ4n) is 4.78. The topological polar surface area (TPSA) is 84.0 Å². The normalized spacial score (nSPS) is 20.2. The number of ketones is 1. The van der Waals surface area contributed by atoms with Crippen molar-refractivity contribution in [2.75, 3.05) is 5.32 Å². The molecule has 5 rings (SSSR count). The van der Waals surface area contributed by atoms with Crippen LogP contribution >= 0.6 is 0 Å². The maximum atomic E-state index is 13.5. The van der Waals surface area contributed by atoms with E-state index in [0.29, 0.717) is 35.4 Å². The van der Waals surface area contributed by atoms with Gasteiger partial charge in [0, 0.05) is 41.4 Å². The predicted molar refractivity (Wildman–Crippen MR) is 126 cm³/mol. The lowest BCUT2D eigenvalue weighted by Crippen LogP contribution is -2.37. The molecule has 0 fully saturated rings. The fraction of sp³-hybridized carbons (Fsp3) is 0.185. The number of aromatic nitrogens is 2. The van der Waals surface area contributed by atoms with E-state index < -0.39 is 5.92 Å². The number of dihydropyridines is 1. The molecule has 0 bridgehead atoms.